The molecule has 0 fully saturated rings. The molecule has 0 bridgehead atoms. The number of benzene rings is 3. The van der Waals surface area contributed by atoms with Crippen molar-refractivity contribution in [3.05, 3.63) is 106 Å². The SMILES string of the molecule is Cc1ccc(C2=C(c3cccc(/C=C/C(=O)O)c3)c3ccc(C)cc3SC2)cc1. The molecular formula is C26H22O2S. The normalized spacial score (nSPS) is 13.6. The predicted octanol–water partition coefficient (Wildman–Crippen LogP) is 6.47. The fraction of sp³-hybridized carbons (Fsp3) is 0.115. The number of carboxylic acids is 1. The van der Waals surface area contributed by atoms with Gasteiger partial charge in [-0.25, -0.2) is 4.79 Å². The molecule has 0 unspecified atom stereocenters. The number of aliphatic carboxylic acids is 1. The van der Waals surface area contributed by atoms with Gasteiger partial charge < -0.3 is 5.11 Å². The summed E-state index contributed by atoms with van der Waals surface area (Å²) in [6.45, 7) is 4.22. The number of carboxylic acid groups (broad SMARTS) is 1. The molecule has 144 valence electrons. The molecule has 3 aromatic rings. The van der Waals surface area contributed by atoms with Crippen LogP contribution in [0.15, 0.2) is 77.7 Å². The van der Waals surface area contributed by atoms with Crippen molar-refractivity contribution in [2.45, 2.75) is 18.7 Å². The highest BCUT2D eigenvalue weighted by molar-refractivity contribution is 7.99. The molecule has 0 saturated carbocycles. The van der Waals surface area contributed by atoms with Crippen LogP contribution in [0.5, 0.6) is 0 Å². The fourth-order valence-electron chi connectivity index (χ4n) is 3.62. The first kappa shape index (κ1) is 19.3. The summed E-state index contributed by atoms with van der Waals surface area (Å²) in [6, 6.07) is 23.4. The lowest BCUT2D eigenvalue weighted by molar-refractivity contribution is -0.131. The lowest BCUT2D eigenvalue weighted by Gasteiger charge is -2.25. The Bertz CT molecular complexity index is 1140. The third kappa shape index (κ3) is 4.20. The van der Waals surface area contributed by atoms with E-state index in [1.54, 1.807) is 6.08 Å². The first-order chi connectivity index (χ1) is 14.0. The Morgan fingerprint density at radius 3 is 2.45 bits per heavy atom. The van der Waals surface area contributed by atoms with Gasteiger partial charge in [-0.15, -0.1) is 11.8 Å². The minimum atomic E-state index is -0.940. The molecular weight excluding hydrogens is 376 g/mol. The lowest BCUT2D eigenvalue weighted by Crippen LogP contribution is -2.04. The van der Waals surface area contributed by atoms with Crippen LogP contribution >= 0.6 is 11.8 Å². The Kier molecular flexibility index (Phi) is 5.41. The minimum Gasteiger partial charge on any atom is -0.478 e. The van der Waals surface area contributed by atoms with Gasteiger partial charge in [0.25, 0.3) is 0 Å². The van der Waals surface area contributed by atoms with Gasteiger partial charge in [-0.2, -0.15) is 0 Å². The van der Waals surface area contributed by atoms with E-state index in [0.29, 0.717) is 0 Å². The Morgan fingerprint density at radius 2 is 1.69 bits per heavy atom. The van der Waals surface area contributed by atoms with Gasteiger partial charge in [-0.3, -0.25) is 0 Å². The molecule has 3 heteroatoms. The van der Waals surface area contributed by atoms with Crippen molar-refractivity contribution in [2.24, 2.45) is 0 Å². The number of fused-ring (bicyclic) bond motifs is 1. The van der Waals surface area contributed by atoms with Crippen molar-refractivity contribution in [3.8, 4) is 0 Å². The van der Waals surface area contributed by atoms with Crippen molar-refractivity contribution in [3.63, 3.8) is 0 Å². The summed E-state index contributed by atoms with van der Waals surface area (Å²) in [5.41, 5.74) is 9.51. The van der Waals surface area contributed by atoms with Crippen LogP contribution in [0.1, 0.15) is 33.4 Å². The predicted molar refractivity (Wildman–Crippen MR) is 122 cm³/mol. The van der Waals surface area contributed by atoms with Gasteiger partial charge in [0.1, 0.15) is 0 Å². The molecule has 2 nitrogen and oxygen atoms in total. The van der Waals surface area contributed by atoms with Gasteiger partial charge in [0, 0.05) is 16.7 Å². The lowest BCUT2D eigenvalue weighted by atomic mass is 9.88. The molecule has 1 aliphatic heterocycles. The molecule has 0 spiro atoms. The van der Waals surface area contributed by atoms with E-state index in [0.717, 1.165) is 16.9 Å². The van der Waals surface area contributed by atoms with Gasteiger partial charge in [0.2, 0.25) is 0 Å². The van der Waals surface area contributed by atoms with E-state index in [1.165, 1.54) is 44.4 Å². The van der Waals surface area contributed by atoms with Crippen LogP contribution in [-0.4, -0.2) is 16.8 Å². The Balaban J connectivity index is 1.92. The molecule has 0 amide bonds. The van der Waals surface area contributed by atoms with Crippen molar-refractivity contribution in [1.29, 1.82) is 0 Å². The molecule has 29 heavy (non-hydrogen) atoms. The van der Waals surface area contributed by atoms with E-state index in [-0.39, 0.29) is 0 Å². The second kappa shape index (κ2) is 8.14. The van der Waals surface area contributed by atoms with Crippen LogP contribution < -0.4 is 0 Å². The van der Waals surface area contributed by atoms with E-state index in [4.69, 9.17) is 5.11 Å². The number of hydrogen-bond acceptors (Lipinski definition) is 2. The van der Waals surface area contributed by atoms with Crippen LogP contribution in [0.2, 0.25) is 0 Å². The Labute approximate surface area is 175 Å². The molecule has 0 radical (unpaired) electrons. The summed E-state index contributed by atoms with van der Waals surface area (Å²) in [5, 5.41) is 8.96. The molecule has 4 rings (SSSR count). The number of carbonyl (C=O) groups is 1. The molecule has 0 aliphatic carbocycles. The maximum atomic E-state index is 10.9. The van der Waals surface area contributed by atoms with Crippen LogP contribution in [0.3, 0.4) is 0 Å². The number of thioether (sulfide) groups is 1. The highest BCUT2D eigenvalue weighted by Crippen LogP contribution is 2.44. The largest absolute Gasteiger partial charge is 0.478 e. The van der Waals surface area contributed by atoms with E-state index < -0.39 is 5.97 Å². The van der Waals surface area contributed by atoms with Crippen molar-refractivity contribution < 1.29 is 9.90 Å². The first-order valence-corrected chi connectivity index (χ1v) is 10.6. The third-order valence-corrected chi connectivity index (χ3v) is 6.16. The first-order valence-electron chi connectivity index (χ1n) is 9.57. The second-order valence-electron chi connectivity index (χ2n) is 7.30. The summed E-state index contributed by atoms with van der Waals surface area (Å²) in [6.07, 6.45) is 2.83. The van der Waals surface area contributed by atoms with Gasteiger partial charge in [-0.1, -0.05) is 60.2 Å². The number of hydrogen-bond donors (Lipinski definition) is 1. The molecule has 3 aromatic carbocycles. The summed E-state index contributed by atoms with van der Waals surface area (Å²) in [5.74, 6) is -0.0332. The van der Waals surface area contributed by atoms with E-state index in [2.05, 4.69) is 68.4 Å². The zero-order valence-electron chi connectivity index (χ0n) is 16.5. The number of aryl methyl sites for hydroxylation is 2. The van der Waals surface area contributed by atoms with Crippen LogP contribution in [0.25, 0.3) is 17.2 Å². The molecule has 1 N–H and O–H groups in total. The van der Waals surface area contributed by atoms with Gasteiger partial charge in [0.15, 0.2) is 0 Å². The molecule has 1 aliphatic rings. The maximum absolute atomic E-state index is 10.9. The summed E-state index contributed by atoms with van der Waals surface area (Å²) >= 11 is 1.88. The molecule has 1 heterocycles. The molecule has 0 atom stereocenters. The van der Waals surface area contributed by atoms with Gasteiger partial charge in [-0.05, 0) is 71.0 Å². The summed E-state index contributed by atoms with van der Waals surface area (Å²) in [4.78, 5) is 12.2. The van der Waals surface area contributed by atoms with E-state index in [1.807, 2.05) is 23.9 Å². The fourth-order valence-corrected chi connectivity index (χ4v) is 4.82. The van der Waals surface area contributed by atoms with Crippen LogP contribution in [0, 0.1) is 13.8 Å². The van der Waals surface area contributed by atoms with Crippen molar-refractivity contribution in [1.82, 2.24) is 0 Å². The molecule has 0 saturated heterocycles. The average molecular weight is 399 g/mol. The summed E-state index contributed by atoms with van der Waals surface area (Å²) in [7, 11) is 0. The van der Waals surface area contributed by atoms with E-state index in [9.17, 15) is 4.79 Å². The minimum absolute atomic E-state index is 0.882. The van der Waals surface area contributed by atoms with Crippen molar-refractivity contribution in [2.75, 3.05) is 5.75 Å². The second-order valence-corrected chi connectivity index (χ2v) is 8.32. The topological polar surface area (TPSA) is 37.3 Å². The smallest absolute Gasteiger partial charge is 0.328 e. The van der Waals surface area contributed by atoms with Gasteiger partial charge in [0.05, 0.1) is 0 Å². The zero-order chi connectivity index (χ0) is 20.4. The average Bonchev–Trinajstić information content (AvgIpc) is 2.72. The Morgan fingerprint density at radius 1 is 0.931 bits per heavy atom. The summed E-state index contributed by atoms with van der Waals surface area (Å²) < 4.78 is 0. The van der Waals surface area contributed by atoms with Crippen LogP contribution in [-0.2, 0) is 4.79 Å². The monoisotopic (exact) mass is 398 g/mol. The maximum Gasteiger partial charge on any atom is 0.328 e. The third-order valence-electron chi connectivity index (χ3n) is 5.07. The van der Waals surface area contributed by atoms with Gasteiger partial charge >= 0.3 is 5.97 Å². The van der Waals surface area contributed by atoms with Crippen LogP contribution in [0.4, 0.5) is 0 Å². The highest BCUT2D eigenvalue weighted by atomic mass is 32.2. The van der Waals surface area contributed by atoms with Crippen molar-refractivity contribution >= 4 is 35.0 Å². The standard InChI is InChI=1S/C26H22O2S/c1-17-6-10-20(11-7-17)23-16-29-24-14-18(2)8-12-22(24)26(23)21-5-3-4-19(15-21)9-13-25(27)28/h3-15H,16H2,1-2H3,(H,27,28)/b13-9+. The number of rotatable bonds is 4. The Hall–Kier alpha value is -3.04. The zero-order valence-corrected chi connectivity index (χ0v) is 17.3. The highest BCUT2D eigenvalue weighted by Gasteiger charge is 2.22. The van der Waals surface area contributed by atoms with E-state index >= 15 is 0 Å². The molecule has 0 aromatic heterocycles. The quantitative estimate of drug-likeness (QED) is 0.512.